The second-order valence-electron chi connectivity index (χ2n) is 15.9. The first-order chi connectivity index (χ1) is 37.9. The minimum absolute atomic E-state index is 0. The van der Waals surface area contributed by atoms with Crippen LogP contribution >= 0.6 is 0 Å². The number of benzene rings is 4. The number of fused-ring (bicyclic) bond motifs is 4. The van der Waals surface area contributed by atoms with Crippen molar-refractivity contribution in [1.29, 1.82) is 0 Å². The molecule has 4 aromatic carbocycles. The van der Waals surface area contributed by atoms with Gasteiger partial charge in [-0.25, -0.2) is 0 Å². The molecule has 4 heterocycles. The van der Waals surface area contributed by atoms with Crippen LogP contribution in [0.4, 0.5) is 0 Å². The molecule has 4 aliphatic rings. The third-order valence-corrected chi connectivity index (χ3v) is 10.3. The maximum Gasteiger partial charge on any atom is 1.00 e. The number of hydrogen-bond acceptors (Lipinski definition) is 20. The van der Waals surface area contributed by atoms with E-state index in [4.69, 9.17) is 94.7 Å². The van der Waals surface area contributed by atoms with Gasteiger partial charge < -0.3 is 239 Å². The van der Waals surface area contributed by atoms with Crippen molar-refractivity contribution >= 4 is 68.9 Å². The Morgan fingerprint density at radius 3 is 0.326 bits per heavy atom. The van der Waals surface area contributed by atoms with Crippen LogP contribution in [-0.2, 0) is 193 Å². The number of rotatable bonds is 0. The minimum atomic E-state index is 0. The Morgan fingerprint density at radius 1 is 0.163 bits per heavy atom. The molecule has 0 spiro atoms. The topological polar surface area (TPSA) is 185 Å². The van der Waals surface area contributed by atoms with E-state index < -0.39 is 0 Å². The predicted octanol–water partition coefficient (Wildman–Crippen LogP) is -15.3. The first-order valence-electron chi connectivity index (χ1n) is 26.2. The van der Waals surface area contributed by atoms with Crippen LogP contribution in [0.15, 0.2) is 97.1 Å². The van der Waals surface area contributed by atoms with Gasteiger partial charge in [-0.2, -0.15) is 0 Å². The fourth-order valence-corrected chi connectivity index (χ4v) is 6.61. The molecule has 4 aliphatic heterocycles. The zero-order chi connectivity index (χ0) is 52.7. The molecule has 556 valence electrons. The van der Waals surface area contributed by atoms with Crippen LogP contribution in [0.25, 0.3) is 0 Å². The van der Waals surface area contributed by atoms with Crippen molar-refractivity contribution in [2.45, 2.75) is 0 Å². The summed E-state index contributed by atoms with van der Waals surface area (Å²) >= 11 is 0. The minimum Gasteiger partial charge on any atom is -1.00 e. The van der Waals surface area contributed by atoms with E-state index in [0.717, 1.165) is 46.0 Å². The first kappa shape index (κ1) is 126. The van der Waals surface area contributed by atoms with Crippen LogP contribution in [0, 0.1) is 0 Å². The van der Waals surface area contributed by atoms with Crippen molar-refractivity contribution in [1.82, 2.24) is 0 Å². The molecule has 0 atom stereocenters. The second kappa shape index (κ2) is 94.5. The summed E-state index contributed by atoms with van der Waals surface area (Å²) in [6.45, 7) is 17.5. The van der Waals surface area contributed by atoms with E-state index in [1.807, 2.05) is 97.1 Å². The van der Waals surface area contributed by atoms with Gasteiger partial charge in [-0.3, -0.25) is 0 Å². The summed E-state index contributed by atoms with van der Waals surface area (Å²) in [5.74, 6) is 5.87. The van der Waals surface area contributed by atoms with Gasteiger partial charge in [0.1, 0.15) is 52.9 Å². The molecular formula is C56H80Cs2Cu8I6O20. The van der Waals surface area contributed by atoms with E-state index in [9.17, 15) is 0 Å². The van der Waals surface area contributed by atoms with E-state index in [2.05, 4.69) is 0 Å². The predicted molar refractivity (Wildman–Crippen MR) is 285 cm³/mol. The van der Waals surface area contributed by atoms with Gasteiger partial charge in [0.15, 0.2) is 46.0 Å². The maximum absolute atomic E-state index is 5.63. The molecule has 0 N–H and O–H groups in total. The Balaban J connectivity index is -0.0000000877. The summed E-state index contributed by atoms with van der Waals surface area (Å²) in [6, 6.07) is 30.4. The number of hydrogen-bond donors (Lipinski definition) is 0. The van der Waals surface area contributed by atoms with Crippen molar-refractivity contribution in [3.63, 3.8) is 0 Å². The fraction of sp³-hybridized carbons (Fsp3) is 0.571. The molecule has 92 heavy (non-hydrogen) atoms. The normalized spacial score (nSPS) is 15.8. The van der Waals surface area contributed by atoms with Gasteiger partial charge in [0.05, 0.1) is 159 Å². The summed E-state index contributed by atoms with van der Waals surface area (Å²) in [6.07, 6.45) is 0. The van der Waals surface area contributed by atoms with Gasteiger partial charge in [0.2, 0.25) is 0 Å². The van der Waals surface area contributed by atoms with Crippen molar-refractivity contribution in [2.24, 2.45) is 0 Å². The summed E-state index contributed by atoms with van der Waals surface area (Å²) < 4.78 is 110. The Morgan fingerprint density at radius 2 is 0.239 bits per heavy atom. The maximum atomic E-state index is 5.63. The Hall–Kier alpha value is 7.44. The van der Waals surface area contributed by atoms with Crippen LogP contribution in [0.5, 0.6) is 46.0 Å². The molecule has 0 bridgehead atoms. The molecule has 8 rings (SSSR count). The summed E-state index contributed by atoms with van der Waals surface area (Å²) in [5.41, 5.74) is 0. The second-order valence-corrected chi connectivity index (χ2v) is 15.9. The van der Waals surface area contributed by atoms with E-state index in [0.29, 0.717) is 211 Å². The molecule has 0 aromatic heterocycles. The molecule has 4 aromatic rings. The molecule has 4 radical (unpaired) electrons. The Bertz CT molecular complexity index is 1650. The average molecular weight is 2610 g/mol. The SMILES string of the molecule is [Cs+].[Cs].[Cu+].[Cu+].[Cu+].[Cu+].[Cu+].[Cu].[Cu].[Cu].[I-].[I-].[I-].[I-].[I-].[I-].c1ccc2c(c1)OCCOCCOCCOCCO2.c1ccc2c(c1)OCCOCCOCCOCCO2.c1ccc2c(c1)OCCOCCOCCOCCO2.c1ccc2c(c1)OCCOCCOCCOCCO2. The number of ether oxygens (including phenoxy) is 20. The molecule has 36 heteroatoms. The van der Waals surface area contributed by atoms with E-state index in [-0.39, 0.29) is 418 Å². The van der Waals surface area contributed by atoms with Gasteiger partial charge in [0, 0.05) is 120 Å². The van der Waals surface area contributed by atoms with Crippen molar-refractivity contribution in [3.8, 4) is 46.0 Å². The summed E-state index contributed by atoms with van der Waals surface area (Å²) in [5, 5.41) is 0. The first-order valence-corrected chi connectivity index (χ1v) is 26.2. The number of halogens is 6. The molecular weight excluding hydrogens is 2530 g/mol. The van der Waals surface area contributed by atoms with E-state index in [1.54, 1.807) is 0 Å². The third kappa shape index (κ3) is 68.0. The van der Waals surface area contributed by atoms with Crippen LogP contribution in [0.2, 0.25) is 0 Å². The Kier molecular flexibility index (Phi) is 129. The largest absolute Gasteiger partial charge is 1.00 e. The molecule has 0 saturated heterocycles. The van der Waals surface area contributed by atoms with Crippen LogP contribution < -0.4 is 251 Å². The quantitative estimate of drug-likeness (QED) is 0.119. The van der Waals surface area contributed by atoms with Gasteiger partial charge >= 0.3 is 154 Å². The molecule has 0 saturated carbocycles. The monoisotopic (exact) mass is 2600 g/mol. The van der Waals surface area contributed by atoms with E-state index in [1.165, 1.54) is 0 Å². The molecule has 0 unspecified atom stereocenters. The zero-order valence-electron chi connectivity index (χ0n) is 50.7. The van der Waals surface area contributed by atoms with Crippen LogP contribution in [0.1, 0.15) is 0 Å². The van der Waals surface area contributed by atoms with Gasteiger partial charge in [-0.05, 0) is 48.5 Å². The van der Waals surface area contributed by atoms with Crippen molar-refractivity contribution in [3.05, 3.63) is 97.1 Å². The molecule has 0 fully saturated rings. The fourth-order valence-electron chi connectivity index (χ4n) is 6.61. The summed E-state index contributed by atoms with van der Waals surface area (Å²) in [4.78, 5) is 0. The molecule has 0 amide bonds. The van der Waals surface area contributed by atoms with Crippen molar-refractivity contribution < 1.29 is 444 Å². The smallest absolute Gasteiger partial charge is 1.00 e. The standard InChI is InChI=1S/4C14H20O5.2Cs.8Cu.6HI/c4*1-2-4-14-13(3-1)18-11-9-16-7-5-15-6-8-17-10-12-19-14;;;;;;;;;;;;;;;;/h4*1-4H,5-12H2;;;;;;;;;;;6*1H/q;;;;;+1;;;;5*+1;;;;;;/p-6. The van der Waals surface area contributed by atoms with Crippen LogP contribution in [0.3, 0.4) is 0 Å². The van der Waals surface area contributed by atoms with Gasteiger partial charge in [-0.15, -0.1) is 0 Å². The Labute approximate surface area is 850 Å². The average Bonchev–Trinajstić information content (AvgIpc) is 3.55. The van der Waals surface area contributed by atoms with Crippen molar-refractivity contribution in [2.75, 3.05) is 211 Å². The van der Waals surface area contributed by atoms with E-state index >= 15 is 0 Å². The number of para-hydroxylation sites is 8. The zero-order valence-corrected chi connectivity index (χ0v) is 83.7. The third-order valence-electron chi connectivity index (χ3n) is 10.3. The molecule has 20 nitrogen and oxygen atoms in total. The van der Waals surface area contributed by atoms with Gasteiger partial charge in [-0.1, -0.05) is 48.5 Å². The van der Waals surface area contributed by atoms with Crippen LogP contribution in [-0.4, -0.2) is 280 Å². The summed E-state index contributed by atoms with van der Waals surface area (Å²) in [7, 11) is 0. The molecule has 0 aliphatic carbocycles. The van der Waals surface area contributed by atoms with Gasteiger partial charge in [0.25, 0.3) is 0 Å².